The van der Waals surface area contributed by atoms with Gasteiger partial charge in [-0.15, -0.1) is 11.8 Å². The molecule has 1 aromatic carbocycles. The monoisotopic (exact) mass is 208 g/mol. The molecule has 1 fully saturated rings. The Balaban J connectivity index is 1.88. The van der Waals surface area contributed by atoms with Crippen molar-refractivity contribution >= 4 is 17.4 Å². The molecule has 0 spiro atoms. The van der Waals surface area contributed by atoms with Crippen LogP contribution in [0.5, 0.6) is 0 Å². The summed E-state index contributed by atoms with van der Waals surface area (Å²) in [5.41, 5.74) is 6.76. The smallest absolute Gasteiger partial charge is 0.0452 e. The third-order valence-electron chi connectivity index (χ3n) is 2.52. The highest BCUT2D eigenvalue weighted by Gasteiger charge is 2.14. The molecule has 0 bridgehead atoms. The summed E-state index contributed by atoms with van der Waals surface area (Å²) in [7, 11) is 0. The van der Waals surface area contributed by atoms with Crippen molar-refractivity contribution in [2.75, 3.05) is 18.0 Å². The SMILES string of the molecule is Nc1ccccc1SC[C@H]1CCCN1. The summed E-state index contributed by atoms with van der Waals surface area (Å²) in [5.74, 6) is 1.13. The largest absolute Gasteiger partial charge is 0.398 e. The molecule has 3 N–H and O–H groups in total. The Hall–Kier alpha value is -0.670. The highest BCUT2D eigenvalue weighted by molar-refractivity contribution is 7.99. The Bertz CT molecular complexity index is 295. The van der Waals surface area contributed by atoms with Crippen LogP contribution in [0.15, 0.2) is 29.2 Å². The molecule has 1 saturated heterocycles. The molecule has 1 aliphatic rings. The van der Waals surface area contributed by atoms with Crippen LogP contribution >= 0.6 is 11.8 Å². The van der Waals surface area contributed by atoms with E-state index in [2.05, 4.69) is 11.4 Å². The minimum absolute atomic E-state index is 0.680. The van der Waals surface area contributed by atoms with Crippen molar-refractivity contribution in [3.05, 3.63) is 24.3 Å². The van der Waals surface area contributed by atoms with Crippen LogP contribution in [-0.4, -0.2) is 18.3 Å². The van der Waals surface area contributed by atoms with E-state index in [1.807, 2.05) is 30.0 Å². The van der Waals surface area contributed by atoms with E-state index in [-0.39, 0.29) is 0 Å². The minimum atomic E-state index is 0.680. The van der Waals surface area contributed by atoms with Gasteiger partial charge in [-0.25, -0.2) is 0 Å². The van der Waals surface area contributed by atoms with Crippen LogP contribution in [0.4, 0.5) is 5.69 Å². The molecule has 0 unspecified atom stereocenters. The van der Waals surface area contributed by atoms with Crippen LogP contribution in [0.2, 0.25) is 0 Å². The Morgan fingerprint density at radius 1 is 1.43 bits per heavy atom. The van der Waals surface area contributed by atoms with Crippen molar-refractivity contribution in [3.63, 3.8) is 0 Å². The standard InChI is InChI=1S/C11H16N2S/c12-10-5-1-2-6-11(10)14-8-9-4-3-7-13-9/h1-2,5-6,9,13H,3-4,7-8,12H2/t9-/m1/s1. The van der Waals surface area contributed by atoms with E-state index in [1.54, 1.807) is 0 Å². The van der Waals surface area contributed by atoms with Gasteiger partial charge in [-0.2, -0.15) is 0 Å². The molecule has 2 nitrogen and oxygen atoms in total. The van der Waals surface area contributed by atoms with Gasteiger partial charge in [0.25, 0.3) is 0 Å². The van der Waals surface area contributed by atoms with Gasteiger partial charge >= 0.3 is 0 Å². The summed E-state index contributed by atoms with van der Waals surface area (Å²) in [4.78, 5) is 1.21. The first-order valence-corrected chi connectivity index (χ1v) is 6.05. The number of hydrogen-bond donors (Lipinski definition) is 2. The molecule has 76 valence electrons. The lowest BCUT2D eigenvalue weighted by molar-refractivity contribution is 0.674. The van der Waals surface area contributed by atoms with Gasteiger partial charge in [0, 0.05) is 22.4 Å². The number of para-hydroxylation sites is 1. The maximum absolute atomic E-state index is 5.86. The van der Waals surface area contributed by atoms with Crippen molar-refractivity contribution in [3.8, 4) is 0 Å². The molecule has 1 aliphatic heterocycles. The molecule has 3 heteroatoms. The van der Waals surface area contributed by atoms with Crippen LogP contribution in [0.25, 0.3) is 0 Å². The lowest BCUT2D eigenvalue weighted by Gasteiger charge is -2.10. The molecule has 14 heavy (non-hydrogen) atoms. The Morgan fingerprint density at radius 3 is 3.00 bits per heavy atom. The zero-order chi connectivity index (χ0) is 9.80. The van der Waals surface area contributed by atoms with Gasteiger partial charge in [0.1, 0.15) is 0 Å². The van der Waals surface area contributed by atoms with E-state index in [4.69, 9.17) is 5.73 Å². The Kier molecular flexibility index (Phi) is 3.32. The number of nitrogens with one attached hydrogen (secondary N) is 1. The van der Waals surface area contributed by atoms with Gasteiger partial charge in [-0.1, -0.05) is 12.1 Å². The molecule has 0 aliphatic carbocycles. The van der Waals surface area contributed by atoms with Gasteiger partial charge in [-0.3, -0.25) is 0 Å². The van der Waals surface area contributed by atoms with Crippen molar-refractivity contribution < 1.29 is 0 Å². The predicted molar refractivity (Wildman–Crippen MR) is 62.6 cm³/mol. The van der Waals surface area contributed by atoms with E-state index in [0.29, 0.717) is 6.04 Å². The van der Waals surface area contributed by atoms with Gasteiger partial charge < -0.3 is 11.1 Å². The first-order chi connectivity index (χ1) is 6.86. The van der Waals surface area contributed by atoms with Gasteiger partial charge in [-0.05, 0) is 31.5 Å². The maximum atomic E-state index is 5.86. The fourth-order valence-electron chi connectivity index (χ4n) is 1.70. The lowest BCUT2D eigenvalue weighted by atomic mass is 10.3. The number of anilines is 1. The highest BCUT2D eigenvalue weighted by Crippen LogP contribution is 2.26. The third kappa shape index (κ3) is 2.42. The molecular weight excluding hydrogens is 192 g/mol. The first-order valence-electron chi connectivity index (χ1n) is 5.07. The van der Waals surface area contributed by atoms with Crippen molar-refractivity contribution in [1.29, 1.82) is 0 Å². The zero-order valence-electron chi connectivity index (χ0n) is 8.20. The third-order valence-corrected chi connectivity index (χ3v) is 3.77. The summed E-state index contributed by atoms with van der Waals surface area (Å²) in [6, 6.07) is 8.76. The number of thioether (sulfide) groups is 1. The summed E-state index contributed by atoms with van der Waals surface area (Å²) in [5, 5.41) is 3.48. The van der Waals surface area contributed by atoms with E-state index >= 15 is 0 Å². The van der Waals surface area contributed by atoms with Crippen LogP contribution in [0.1, 0.15) is 12.8 Å². The summed E-state index contributed by atoms with van der Waals surface area (Å²) in [6.07, 6.45) is 2.62. The molecule has 2 rings (SSSR count). The second-order valence-electron chi connectivity index (χ2n) is 3.64. The van der Waals surface area contributed by atoms with Crippen molar-refractivity contribution in [2.45, 2.75) is 23.8 Å². The zero-order valence-corrected chi connectivity index (χ0v) is 9.02. The minimum Gasteiger partial charge on any atom is -0.398 e. The summed E-state index contributed by atoms with van der Waals surface area (Å²) < 4.78 is 0. The van der Waals surface area contributed by atoms with E-state index < -0.39 is 0 Å². The van der Waals surface area contributed by atoms with Gasteiger partial charge in [0.05, 0.1) is 0 Å². The average molecular weight is 208 g/mol. The summed E-state index contributed by atoms with van der Waals surface area (Å²) >= 11 is 1.86. The summed E-state index contributed by atoms with van der Waals surface area (Å²) in [6.45, 7) is 1.18. The lowest BCUT2D eigenvalue weighted by Crippen LogP contribution is -2.23. The molecule has 0 aromatic heterocycles. The molecule has 0 saturated carbocycles. The number of nitrogens with two attached hydrogens (primary N) is 1. The number of rotatable bonds is 3. The molecular formula is C11H16N2S. The predicted octanol–water partition coefficient (Wildman–Crippen LogP) is 2.11. The second-order valence-corrected chi connectivity index (χ2v) is 4.70. The van der Waals surface area contributed by atoms with Crippen molar-refractivity contribution in [1.82, 2.24) is 5.32 Å². The number of benzene rings is 1. The van der Waals surface area contributed by atoms with Crippen LogP contribution < -0.4 is 11.1 Å². The second kappa shape index (κ2) is 4.71. The molecule has 1 aromatic rings. The van der Waals surface area contributed by atoms with Gasteiger partial charge in [0.15, 0.2) is 0 Å². The number of hydrogen-bond acceptors (Lipinski definition) is 3. The first kappa shape index (κ1) is 9.87. The Morgan fingerprint density at radius 2 is 2.29 bits per heavy atom. The van der Waals surface area contributed by atoms with Crippen LogP contribution in [-0.2, 0) is 0 Å². The topological polar surface area (TPSA) is 38.0 Å². The fraction of sp³-hybridized carbons (Fsp3) is 0.455. The fourth-order valence-corrected chi connectivity index (χ4v) is 2.78. The quantitative estimate of drug-likeness (QED) is 0.590. The maximum Gasteiger partial charge on any atom is 0.0452 e. The number of nitrogen functional groups attached to an aromatic ring is 1. The average Bonchev–Trinajstić information content (AvgIpc) is 2.69. The normalized spacial score (nSPS) is 21.3. The van der Waals surface area contributed by atoms with E-state index in [0.717, 1.165) is 11.4 Å². The molecule has 0 radical (unpaired) electrons. The molecule has 1 heterocycles. The Labute approximate surface area is 89.3 Å². The van der Waals surface area contributed by atoms with Gasteiger partial charge in [0.2, 0.25) is 0 Å². The van der Waals surface area contributed by atoms with Crippen LogP contribution in [0, 0.1) is 0 Å². The molecule has 0 amide bonds. The van der Waals surface area contributed by atoms with E-state index in [1.165, 1.54) is 24.3 Å². The highest BCUT2D eigenvalue weighted by atomic mass is 32.2. The van der Waals surface area contributed by atoms with Crippen LogP contribution in [0.3, 0.4) is 0 Å². The molecule has 1 atom stereocenters. The van der Waals surface area contributed by atoms with E-state index in [9.17, 15) is 0 Å². The van der Waals surface area contributed by atoms with Crippen molar-refractivity contribution in [2.24, 2.45) is 0 Å².